The second-order valence-corrected chi connectivity index (χ2v) is 5.37. The molecule has 1 atom stereocenters. The van der Waals surface area contributed by atoms with Crippen molar-refractivity contribution in [2.45, 2.75) is 24.6 Å². The van der Waals surface area contributed by atoms with Crippen LogP contribution in [0, 0.1) is 11.6 Å². The molecular weight excluding hydrogens is 292 g/mol. The van der Waals surface area contributed by atoms with Crippen LogP contribution in [0.2, 0.25) is 0 Å². The fraction of sp³-hybridized carbons (Fsp3) is 0.417. The number of carbonyl (C=O) groups is 1. The smallest absolute Gasteiger partial charge is 0.254 e. The van der Waals surface area contributed by atoms with Gasteiger partial charge in [0, 0.05) is 11.4 Å². The summed E-state index contributed by atoms with van der Waals surface area (Å²) in [6.45, 7) is 2.46. The summed E-state index contributed by atoms with van der Waals surface area (Å²) in [6, 6.07) is 2.83. The van der Waals surface area contributed by atoms with Crippen molar-refractivity contribution in [1.82, 2.24) is 5.32 Å². The summed E-state index contributed by atoms with van der Waals surface area (Å²) in [5.74, 6) is -1.91. The molecule has 1 unspecified atom stereocenters. The summed E-state index contributed by atoms with van der Waals surface area (Å²) in [5, 5.41) is 2.56. The average molecular weight is 306 g/mol. The lowest BCUT2D eigenvalue weighted by molar-refractivity contribution is 0.0948. The molecule has 0 saturated carbocycles. The first-order valence-electron chi connectivity index (χ1n) is 5.38. The van der Waals surface area contributed by atoms with Gasteiger partial charge >= 0.3 is 0 Å². The molecule has 0 aromatic heterocycles. The van der Waals surface area contributed by atoms with E-state index in [1.807, 2.05) is 6.92 Å². The maximum atomic E-state index is 13.2. The Morgan fingerprint density at radius 3 is 2.82 bits per heavy atom. The van der Waals surface area contributed by atoms with Crippen molar-refractivity contribution in [1.29, 1.82) is 0 Å². The van der Waals surface area contributed by atoms with Gasteiger partial charge in [-0.3, -0.25) is 4.79 Å². The van der Waals surface area contributed by atoms with Gasteiger partial charge in [-0.15, -0.1) is 0 Å². The van der Waals surface area contributed by atoms with Gasteiger partial charge in [-0.1, -0.05) is 22.9 Å². The Kier molecular flexibility index (Phi) is 5.55. The van der Waals surface area contributed by atoms with Crippen molar-refractivity contribution < 1.29 is 13.6 Å². The molecule has 0 heterocycles. The molecule has 0 spiro atoms. The molecule has 5 heteroatoms. The molecule has 0 radical (unpaired) electrons. The second-order valence-electron chi connectivity index (χ2n) is 3.80. The molecule has 1 N–H and O–H groups in total. The van der Waals surface area contributed by atoms with Gasteiger partial charge in [0.25, 0.3) is 5.91 Å². The van der Waals surface area contributed by atoms with Gasteiger partial charge in [0.2, 0.25) is 0 Å². The zero-order chi connectivity index (χ0) is 12.8. The van der Waals surface area contributed by atoms with Gasteiger partial charge in [-0.25, -0.2) is 8.78 Å². The maximum Gasteiger partial charge on any atom is 0.254 e. The van der Waals surface area contributed by atoms with E-state index < -0.39 is 17.5 Å². The van der Waals surface area contributed by atoms with Crippen LogP contribution >= 0.6 is 15.9 Å². The Morgan fingerprint density at radius 1 is 1.47 bits per heavy atom. The molecule has 2 nitrogen and oxygen atoms in total. The van der Waals surface area contributed by atoms with Crippen molar-refractivity contribution in [3.8, 4) is 0 Å². The molecule has 0 aliphatic rings. The molecule has 1 aromatic rings. The van der Waals surface area contributed by atoms with E-state index in [4.69, 9.17) is 0 Å². The Hall–Kier alpha value is -0.970. The van der Waals surface area contributed by atoms with E-state index in [9.17, 15) is 13.6 Å². The van der Waals surface area contributed by atoms with Gasteiger partial charge in [0.15, 0.2) is 0 Å². The summed E-state index contributed by atoms with van der Waals surface area (Å²) in [5.41, 5.74) is -0.253. The highest BCUT2D eigenvalue weighted by molar-refractivity contribution is 9.09. The van der Waals surface area contributed by atoms with Gasteiger partial charge < -0.3 is 5.32 Å². The molecule has 1 rings (SSSR count). The number of benzene rings is 1. The number of nitrogens with one attached hydrogen (secondary N) is 1. The van der Waals surface area contributed by atoms with Crippen molar-refractivity contribution in [3.63, 3.8) is 0 Å². The lowest BCUT2D eigenvalue weighted by Gasteiger charge is -2.07. The highest BCUT2D eigenvalue weighted by Gasteiger charge is 2.12. The molecule has 94 valence electrons. The summed E-state index contributed by atoms with van der Waals surface area (Å²) in [6.07, 6.45) is 1.70. The predicted molar refractivity (Wildman–Crippen MR) is 66.3 cm³/mol. The number of halogens is 3. The summed E-state index contributed by atoms with van der Waals surface area (Å²) in [4.78, 5) is 11.9. The van der Waals surface area contributed by atoms with Gasteiger partial charge in [0.1, 0.15) is 11.6 Å². The molecule has 0 aliphatic heterocycles. The van der Waals surface area contributed by atoms with Crippen LogP contribution in [0.15, 0.2) is 18.2 Å². The highest BCUT2D eigenvalue weighted by atomic mass is 79.9. The van der Waals surface area contributed by atoms with Crippen molar-refractivity contribution in [3.05, 3.63) is 35.4 Å². The minimum absolute atomic E-state index is 0.253. The molecule has 1 aromatic carbocycles. The Bertz CT molecular complexity index is 396. The van der Waals surface area contributed by atoms with Crippen LogP contribution in [0.4, 0.5) is 8.78 Å². The van der Waals surface area contributed by atoms with Crippen LogP contribution in [-0.2, 0) is 0 Å². The molecular formula is C12H14BrF2NO. The normalized spacial score (nSPS) is 12.2. The molecule has 17 heavy (non-hydrogen) atoms. The number of hydrogen-bond acceptors (Lipinski definition) is 1. The van der Waals surface area contributed by atoms with E-state index in [-0.39, 0.29) is 5.56 Å². The summed E-state index contributed by atoms with van der Waals surface area (Å²) in [7, 11) is 0. The van der Waals surface area contributed by atoms with E-state index in [1.165, 1.54) is 0 Å². The van der Waals surface area contributed by atoms with E-state index in [0.717, 1.165) is 31.0 Å². The largest absolute Gasteiger partial charge is 0.352 e. The fourth-order valence-corrected chi connectivity index (χ4v) is 1.68. The molecule has 0 fully saturated rings. The predicted octanol–water partition coefficient (Wildman–Crippen LogP) is 3.26. The lowest BCUT2D eigenvalue weighted by atomic mass is 10.2. The first kappa shape index (κ1) is 14.1. The highest BCUT2D eigenvalue weighted by Crippen LogP contribution is 2.10. The number of amides is 1. The first-order chi connectivity index (χ1) is 8.00. The van der Waals surface area contributed by atoms with E-state index >= 15 is 0 Å². The summed E-state index contributed by atoms with van der Waals surface area (Å²) < 4.78 is 26.1. The lowest BCUT2D eigenvalue weighted by Crippen LogP contribution is -2.25. The van der Waals surface area contributed by atoms with Gasteiger partial charge in [-0.05, 0) is 31.0 Å². The van der Waals surface area contributed by atoms with Crippen molar-refractivity contribution in [2.75, 3.05) is 6.54 Å². The second kappa shape index (κ2) is 6.69. The van der Waals surface area contributed by atoms with Crippen LogP contribution in [0.5, 0.6) is 0 Å². The minimum Gasteiger partial charge on any atom is -0.352 e. The first-order valence-corrected chi connectivity index (χ1v) is 6.29. The Morgan fingerprint density at radius 2 is 2.18 bits per heavy atom. The number of alkyl halides is 1. The molecule has 1 amide bonds. The third-order valence-corrected chi connectivity index (χ3v) is 2.70. The topological polar surface area (TPSA) is 29.1 Å². The SMILES string of the molecule is CC(Br)CCCNC(=O)c1cc(F)ccc1F. The van der Waals surface area contributed by atoms with E-state index in [1.54, 1.807) is 0 Å². The zero-order valence-electron chi connectivity index (χ0n) is 9.47. The minimum atomic E-state index is -0.710. The quantitative estimate of drug-likeness (QED) is 0.656. The standard InChI is InChI=1S/C12H14BrF2NO/c1-8(13)3-2-6-16-12(17)10-7-9(14)4-5-11(10)15/h4-5,7-8H,2-3,6H2,1H3,(H,16,17). The monoisotopic (exact) mass is 305 g/mol. The van der Waals surface area contributed by atoms with Crippen LogP contribution < -0.4 is 5.32 Å². The van der Waals surface area contributed by atoms with E-state index in [0.29, 0.717) is 11.4 Å². The Balaban J connectivity index is 2.49. The third-order valence-electron chi connectivity index (χ3n) is 2.24. The van der Waals surface area contributed by atoms with Crippen molar-refractivity contribution in [2.24, 2.45) is 0 Å². The molecule has 0 saturated heterocycles. The average Bonchev–Trinajstić information content (AvgIpc) is 2.27. The van der Waals surface area contributed by atoms with Gasteiger partial charge in [-0.2, -0.15) is 0 Å². The van der Waals surface area contributed by atoms with Crippen LogP contribution in [0.25, 0.3) is 0 Å². The number of rotatable bonds is 5. The fourth-order valence-electron chi connectivity index (χ4n) is 1.35. The zero-order valence-corrected chi connectivity index (χ0v) is 11.1. The molecule has 0 aliphatic carbocycles. The number of hydrogen-bond donors (Lipinski definition) is 1. The van der Waals surface area contributed by atoms with Crippen molar-refractivity contribution >= 4 is 21.8 Å². The summed E-state index contributed by atoms with van der Waals surface area (Å²) >= 11 is 3.39. The van der Waals surface area contributed by atoms with Crippen LogP contribution in [0.1, 0.15) is 30.1 Å². The van der Waals surface area contributed by atoms with Gasteiger partial charge in [0.05, 0.1) is 5.56 Å². The molecule has 0 bridgehead atoms. The maximum absolute atomic E-state index is 13.2. The third kappa shape index (κ3) is 4.81. The number of carbonyl (C=O) groups excluding carboxylic acids is 1. The Labute approximate surface area is 108 Å². The van der Waals surface area contributed by atoms with E-state index in [2.05, 4.69) is 21.2 Å². The van der Waals surface area contributed by atoms with Crippen LogP contribution in [0.3, 0.4) is 0 Å². The van der Waals surface area contributed by atoms with Crippen LogP contribution in [-0.4, -0.2) is 17.3 Å².